The molecule has 0 heterocycles. The van der Waals surface area contributed by atoms with Gasteiger partial charge in [-0.3, -0.25) is 0 Å². The zero-order chi connectivity index (χ0) is 40.0. The van der Waals surface area contributed by atoms with Gasteiger partial charge in [0.1, 0.15) is 5.75 Å². The number of fused-ring (bicyclic) bond motifs is 3. The van der Waals surface area contributed by atoms with Crippen molar-refractivity contribution in [1.29, 1.82) is 0 Å². The number of terminal acetylenes is 1. The Hall–Kier alpha value is -4.88. The van der Waals surface area contributed by atoms with Crippen LogP contribution in [0.1, 0.15) is 88.6 Å². The van der Waals surface area contributed by atoms with Gasteiger partial charge in [-0.05, 0) is 99.8 Å². The van der Waals surface area contributed by atoms with E-state index in [1.807, 2.05) is 0 Å². The van der Waals surface area contributed by atoms with Gasteiger partial charge in [-0.1, -0.05) is 115 Å². The standard InChI is InChI=1S/C15H16.2C14H18O.3CO2/c1-4-11-6-8-12(9-7-11)15-10(3)14(15)13(15)5-2;1-4-12-13-9(2)14(12,13)10-5-7-11(15-3)8-6-10;1-3-12-13-9(2)14(12,13)11-6-4-10(8-15)5-7-11;3*2-1-3/h1,6-10,13-14H,5H2,2-3H3;5-9,12-13H,4H2,1-3H3;4-7,9,12-13,15H,3,8H2,1-2H3;;;/t10-,13-,14?,15?;2*9-,12-,13?,14?;;;/m111.../s1. The van der Waals surface area contributed by atoms with Crippen LogP contribution in [-0.2, 0) is 51.6 Å². The molecule has 0 aromatic heterocycles. The predicted molar refractivity (Wildman–Crippen MR) is 199 cm³/mol. The van der Waals surface area contributed by atoms with Crippen molar-refractivity contribution in [3.8, 4) is 18.1 Å². The molecule has 0 amide bonds. The molecule has 0 spiro atoms. The summed E-state index contributed by atoms with van der Waals surface area (Å²) < 4.78 is 5.20. The molecular formula is C46H52O8. The highest BCUT2D eigenvalue weighted by Crippen LogP contribution is 2.86. The molecule has 0 aliphatic heterocycles. The number of hydrogen-bond acceptors (Lipinski definition) is 8. The van der Waals surface area contributed by atoms with Crippen molar-refractivity contribution >= 4 is 18.5 Å². The fourth-order valence-corrected chi connectivity index (χ4v) is 11.5. The van der Waals surface area contributed by atoms with Crippen LogP contribution in [0.5, 0.6) is 5.75 Å². The maximum Gasteiger partial charge on any atom is 0.373 e. The number of methoxy groups -OCH3 is 1. The number of aliphatic hydroxyl groups excluding tert-OH is 1. The molecule has 6 aliphatic rings. The van der Waals surface area contributed by atoms with Crippen LogP contribution >= 0.6 is 0 Å². The van der Waals surface area contributed by atoms with Gasteiger partial charge in [0.05, 0.1) is 13.7 Å². The molecule has 12 atom stereocenters. The molecule has 0 saturated heterocycles. The second-order valence-electron chi connectivity index (χ2n) is 15.3. The third-order valence-electron chi connectivity index (χ3n) is 14.1. The van der Waals surface area contributed by atoms with Gasteiger partial charge >= 0.3 is 18.5 Å². The number of carbonyl (C=O) groups excluding carboxylic acids is 6. The maximum absolute atomic E-state index is 9.01. The molecule has 6 fully saturated rings. The second-order valence-corrected chi connectivity index (χ2v) is 15.3. The van der Waals surface area contributed by atoms with E-state index in [1.54, 1.807) is 7.11 Å². The first-order valence-corrected chi connectivity index (χ1v) is 18.9. The van der Waals surface area contributed by atoms with E-state index in [9.17, 15) is 0 Å². The highest BCUT2D eigenvalue weighted by Gasteiger charge is 2.85. The lowest BCUT2D eigenvalue weighted by Gasteiger charge is -2.15. The van der Waals surface area contributed by atoms with Gasteiger partial charge in [-0.25, -0.2) is 0 Å². The first-order valence-electron chi connectivity index (χ1n) is 18.9. The quantitative estimate of drug-likeness (QED) is 0.237. The Morgan fingerprint density at radius 2 is 0.870 bits per heavy atom. The summed E-state index contributed by atoms with van der Waals surface area (Å²) in [6.07, 6.45) is 10.1. The van der Waals surface area contributed by atoms with Crippen LogP contribution in [0, 0.1) is 65.6 Å². The van der Waals surface area contributed by atoms with Gasteiger partial charge in [0.2, 0.25) is 0 Å². The summed E-state index contributed by atoms with van der Waals surface area (Å²) in [6.45, 7) is 14.2. The van der Waals surface area contributed by atoms with Crippen molar-refractivity contribution in [3.05, 3.63) is 101 Å². The Morgan fingerprint density at radius 1 is 0.574 bits per heavy atom. The molecular weight excluding hydrogens is 680 g/mol. The molecule has 8 nitrogen and oxygen atoms in total. The van der Waals surface area contributed by atoms with E-state index >= 15 is 0 Å². The minimum Gasteiger partial charge on any atom is -0.497 e. The van der Waals surface area contributed by atoms with E-state index in [-0.39, 0.29) is 25.1 Å². The fraction of sp³-hybridized carbons (Fsp3) is 0.500. The summed E-state index contributed by atoms with van der Waals surface area (Å²) in [6, 6.07) is 25.9. The number of ether oxygens (including phenoxy) is 1. The molecule has 6 aliphatic carbocycles. The van der Waals surface area contributed by atoms with Crippen molar-refractivity contribution in [2.45, 2.75) is 83.7 Å². The molecule has 3 aromatic rings. The monoisotopic (exact) mass is 732 g/mol. The summed E-state index contributed by atoms with van der Waals surface area (Å²) in [5.74, 6) is 12.1. The van der Waals surface area contributed by atoms with Crippen molar-refractivity contribution in [2.75, 3.05) is 7.11 Å². The predicted octanol–water partition coefficient (Wildman–Crippen LogP) is 7.42. The molecule has 54 heavy (non-hydrogen) atoms. The van der Waals surface area contributed by atoms with Gasteiger partial charge in [-0.15, -0.1) is 6.42 Å². The molecule has 8 heteroatoms. The largest absolute Gasteiger partial charge is 0.497 e. The Balaban J connectivity index is 0.000000162. The van der Waals surface area contributed by atoms with Crippen molar-refractivity contribution in [1.82, 2.24) is 0 Å². The van der Waals surface area contributed by atoms with Crippen molar-refractivity contribution < 1.29 is 38.6 Å². The van der Waals surface area contributed by atoms with Crippen LogP contribution < -0.4 is 4.74 Å². The minimum atomic E-state index is 0.156. The van der Waals surface area contributed by atoms with Crippen LogP contribution in [0.4, 0.5) is 0 Å². The molecule has 9 rings (SSSR count). The molecule has 284 valence electrons. The SMILES string of the molecule is C#Cc1ccc(C23C([C@H]2C)[C@H]3CC)cc1.CC[C@@H]1C2[C@@H](C)C21c1ccc(CO)cc1.CC[C@@H]1C2[C@@H](C)C21c1ccc(OC)cc1.O=C=O.O=C=O.O=C=O. The molecule has 6 unspecified atom stereocenters. The lowest BCUT2D eigenvalue weighted by atomic mass is 9.89. The average Bonchev–Trinajstić information content (AvgIpc) is 3.98. The smallest absolute Gasteiger partial charge is 0.373 e. The lowest BCUT2D eigenvalue weighted by Crippen LogP contribution is -2.10. The van der Waals surface area contributed by atoms with E-state index in [0.29, 0.717) is 16.2 Å². The van der Waals surface area contributed by atoms with Crippen LogP contribution in [0.2, 0.25) is 0 Å². The Morgan fingerprint density at radius 3 is 1.09 bits per heavy atom. The van der Waals surface area contributed by atoms with E-state index in [4.69, 9.17) is 45.0 Å². The van der Waals surface area contributed by atoms with E-state index in [2.05, 4.69) is 120 Å². The summed E-state index contributed by atoms with van der Waals surface area (Å²) in [5.41, 5.74) is 8.25. The highest BCUT2D eigenvalue weighted by atomic mass is 16.5. The number of benzene rings is 3. The first kappa shape index (κ1) is 41.9. The Labute approximate surface area is 319 Å². The summed E-state index contributed by atoms with van der Waals surface area (Å²) >= 11 is 0. The van der Waals surface area contributed by atoms with E-state index in [0.717, 1.165) is 70.1 Å². The molecule has 1 N–H and O–H groups in total. The van der Waals surface area contributed by atoms with Gasteiger partial charge in [0, 0.05) is 21.8 Å². The lowest BCUT2D eigenvalue weighted by molar-refractivity contribution is -0.193. The van der Waals surface area contributed by atoms with Crippen LogP contribution in [0.3, 0.4) is 0 Å². The van der Waals surface area contributed by atoms with Crippen LogP contribution in [0.15, 0.2) is 72.8 Å². The summed E-state index contributed by atoms with van der Waals surface area (Å²) in [4.78, 5) is 48.8. The number of rotatable bonds is 8. The number of aliphatic hydroxyl groups is 1. The van der Waals surface area contributed by atoms with E-state index in [1.165, 1.54) is 36.0 Å². The van der Waals surface area contributed by atoms with Crippen molar-refractivity contribution in [3.63, 3.8) is 0 Å². The minimum absolute atomic E-state index is 0.156. The fourth-order valence-electron chi connectivity index (χ4n) is 11.5. The van der Waals surface area contributed by atoms with Crippen molar-refractivity contribution in [2.24, 2.45) is 53.3 Å². The Bertz CT molecular complexity index is 1750. The molecule has 6 saturated carbocycles. The highest BCUT2D eigenvalue weighted by molar-refractivity contribution is 5.52. The third-order valence-corrected chi connectivity index (χ3v) is 14.1. The molecule has 0 bridgehead atoms. The maximum atomic E-state index is 9.01. The van der Waals surface area contributed by atoms with Crippen LogP contribution in [-0.4, -0.2) is 30.7 Å². The van der Waals surface area contributed by atoms with E-state index < -0.39 is 0 Å². The molecule has 3 aromatic carbocycles. The average molecular weight is 733 g/mol. The van der Waals surface area contributed by atoms with Gasteiger partial charge in [0.15, 0.2) is 0 Å². The zero-order valence-electron chi connectivity index (χ0n) is 32.3. The summed E-state index contributed by atoms with van der Waals surface area (Å²) in [7, 11) is 1.72. The van der Waals surface area contributed by atoms with Gasteiger partial charge in [-0.2, -0.15) is 28.8 Å². The summed E-state index contributed by atoms with van der Waals surface area (Å²) in [5, 5.41) is 9.01. The Kier molecular flexibility index (Phi) is 13.2. The van der Waals surface area contributed by atoms with Crippen LogP contribution in [0.25, 0.3) is 0 Å². The number of hydrogen-bond donors (Lipinski definition) is 1. The molecule has 0 radical (unpaired) electrons. The van der Waals surface area contributed by atoms with Gasteiger partial charge < -0.3 is 9.84 Å². The topological polar surface area (TPSA) is 132 Å². The first-order chi connectivity index (χ1) is 26.0. The van der Waals surface area contributed by atoms with Gasteiger partial charge in [0.25, 0.3) is 0 Å². The zero-order valence-corrected chi connectivity index (χ0v) is 32.3. The second kappa shape index (κ2) is 17.1. The third kappa shape index (κ3) is 6.83. The normalized spacial score (nSPS) is 34.5.